The van der Waals surface area contributed by atoms with E-state index in [1.165, 1.54) is 5.56 Å². The smallest absolute Gasteiger partial charge is 0.242 e. The largest absolute Gasteiger partial charge is 0.497 e. The van der Waals surface area contributed by atoms with Crippen LogP contribution in [0.4, 0.5) is 0 Å². The zero-order valence-electron chi connectivity index (χ0n) is 18.3. The summed E-state index contributed by atoms with van der Waals surface area (Å²) in [5, 5.41) is 7.14. The Kier molecular flexibility index (Phi) is 6.01. The van der Waals surface area contributed by atoms with Gasteiger partial charge in [0.05, 0.1) is 7.11 Å². The summed E-state index contributed by atoms with van der Waals surface area (Å²) in [5.41, 5.74) is 2.04. The number of H-pyrrole nitrogens is 1. The molecule has 33 heavy (non-hydrogen) atoms. The summed E-state index contributed by atoms with van der Waals surface area (Å²) in [6, 6.07) is 13.6. The number of piperazine rings is 1. The van der Waals surface area contributed by atoms with Crippen LogP contribution < -0.4 is 14.2 Å². The van der Waals surface area contributed by atoms with E-state index in [4.69, 9.17) is 26.4 Å². The predicted octanol–water partition coefficient (Wildman–Crippen LogP) is 2.69. The topological polar surface area (TPSA) is 84.9 Å². The van der Waals surface area contributed by atoms with Crippen LogP contribution in [-0.4, -0.2) is 70.6 Å². The monoisotopic (exact) mass is 467 g/mol. The van der Waals surface area contributed by atoms with Gasteiger partial charge < -0.3 is 19.1 Å². The molecule has 0 aliphatic carbocycles. The van der Waals surface area contributed by atoms with E-state index in [0.717, 1.165) is 42.4 Å². The molecule has 2 aliphatic heterocycles. The van der Waals surface area contributed by atoms with Crippen molar-refractivity contribution in [2.45, 2.75) is 13.1 Å². The van der Waals surface area contributed by atoms with Crippen LogP contribution in [0.5, 0.6) is 17.2 Å². The molecule has 0 saturated carbocycles. The number of benzene rings is 2. The highest BCUT2D eigenvalue weighted by Crippen LogP contribution is 2.32. The van der Waals surface area contributed by atoms with E-state index < -0.39 is 0 Å². The fourth-order valence-electron chi connectivity index (χ4n) is 4.11. The van der Waals surface area contributed by atoms with Crippen LogP contribution in [0.1, 0.15) is 5.56 Å². The van der Waals surface area contributed by atoms with Crippen LogP contribution >= 0.6 is 12.2 Å². The number of fused-ring (bicyclic) bond motifs is 1. The Morgan fingerprint density at radius 2 is 1.85 bits per heavy atom. The third kappa shape index (κ3) is 4.57. The van der Waals surface area contributed by atoms with Gasteiger partial charge in [0.25, 0.3) is 0 Å². The molecule has 0 bridgehead atoms. The highest BCUT2D eigenvalue weighted by molar-refractivity contribution is 7.71. The van der Waals surface area contributed by atoms with Crippen LogP contribution in [0.2, 0.25) is 0 Å². The molecule has 3 heterocycles. The summed E-state index contributed by atoms with van der Waals surface area (Å²) >= 11 is 5.39. The van der Waals surface area contributed by atoms with Gasteiger partial charge in [0.15, 0.2) is 22.1 Å². The maximum atomic E-state index is 13.0. The molecule has 2 aromatic carbocycles. The van der Waals surface area contributed by atoms with E-state index in [2.05, 4.69) is 21.2 Å². The van der Waals surface area contributed by atoms with E-state index >= 15 is 0 Å². The van der Waals surface area contributed by atoms with Gasteiger partial charge in [-0.2, -0.15) is 5.10 Å². The molecule has 172 valence electrons. The van der Waals surface area contributed by atoms with Crippen molar-refractivity contribution in [2.75, 3.05) is 40.1 Å². The molecule has 1 saturated heterocycles. The molecular weight excluding hydrogens is 442 g/mol. The minimum atomic E-state index is 0.0324. The minimum Gasteiger partial charge on any atom is -0.497 e. The summed E-state index contributed by atoms with van der Waals surface area (Å²) in [4.78, 5) is 17.3. The van der Waals surface area contributed by atoms with Crippen molar-refractivity contribution in [3.63, 3.8) is 0 Å². The average Bonchev–Trinajstić information content (AvgIpc) is 3.46. The number of methoxy groups -OCH3 is 1. The van der Waals surface area contributed by atoms with E-state index in [1.54, 1.807) is 11.7 Å². The highest BCUT2D eigenvalue weighted by atomic mass is 32.1. The van der Waals surface area contributed by atoms with Crippen LogP contribution in [0.15, 0.2) is 42.5 Å². The first-order valence-corrected chi connectivity index (χ1v) is 11.2. The molecule has 0 spiro atoms. The third-order valence-electron chi connectivity index (χ3n) is 5.97. The first-order valence-electron chi connectivity index (χ1n) is 10.8. The molecule has 1 N–H and O–H groups in total. The van der Waals surface area contributed by atoms with Gasteiger partial charge in [0.1, 0.15) is 12.3 Å². The third-order valence-corrected chi connectivity index (χ3v) is 6.28. The zero-order chi connectivity index (χ0) is 22.8. The Labute approximate surface area is 196 Å². The highest BCUT2D eigenvalue weighted by Gasteiger charge is 2.23. The number of hydrogen-bond donors (Lipinski definition) is 1. The number of nitrogens with zero attached hydrogens (tertiary/aromatic N) is 4. The second-order valence-corrected chi connectivity index (χ2v) is 8.40. The van der Waals surface area contributed by atoms with Crippen molar-refractivity contribution in [2.24, 2.45) is 0 Å². The summed E-state index contributed by atoms with van der Waals surface area (Å²) in [7, 11) is 1.62. The fraction of sp³-hybridized carbons (Fsp3) is 0.348. The molecule has 0 unspecified atom stereocenters. The van der Waals surface area contributed by atoms with Gasteiger partial charge in [-0.3, -0.25) is 19.4 Å². The fourth-order valence-corrected chi connectivity index (χ4v) is 4.31. The maximum absolute atomic E-state index is 13.0. The molecule has 0 radical (unpaired) electrons. The number of nitrogens with one attached hydrogen (secondary N) is 1. The Morgan fingerprint density at radius 1 is 1.09 bits per heavy atom. The van der Waals surface area contributed by atoms with Crippen LogP contribution in [0, 0.1) is 4.77 Å². The quantitative estimate of drug-likeness (QED) is 0.558. The van der Waals surface area contributed by atoms with Crippen molar-refractivity contribution in [3.8, 4) is 28.6 Å². The summed E-state index contributed by atoms with van der Waals surface area (Å²) in [6.45, 7) is 4.20. The summed E-state index contributed by atoms with van der Waals surface area (Å²) in [6.07, 6.45) is 0. The SMILES string of the molecule is COc1ccc(-c2n[nH]c(=S)n2CC(=O)N2CCN(Cc3ccc4c(c3)OCO4)CC2)cc1. The molecule has 1 fully saturated rings. The number of ether oxygens (including phenoxy) is 3. The Hall–Kier alpha value is -3.37. The number of aromatic nitrogens is 3. The lowest BCUT2D eigenvalue weighted by molar-refractivity contribution is -0.133. The minimum absolute atomic E-state index is 0.0324. The first kappa shape index (κ1) is 21.5. The molecular formula is C23H25N5O4S. The first-order chi connectivity index (χ1) is 16.1. The van der Waals surface area contributed by atoms with Gasteiger partial charge in [-0.05, 0) is 54.2 Å². The molecule has 10 heteroatoms. The molecule has 9 nitrogen and oxygen atoms in total. The predicted molar refractivity (Wildman–Crippen MR) is 124 cm³/mol. The Morgan fingerprint density at radius 3 is 2.61 bits per heavy atom. The zero-order valence-corrected chi connectivity index (χ0v) is 19.1. The number of carbonyl (C=O) groups excluding carboxylic acids is 1. The number of carbonyl (C=O) groups is 1. The van der Waals surface area contributed by atoms with Gasteiger partial charge in [-0.1, -0.05) is 6.07 Å². The second-order valence-electron chi connectivity index (χ2n) is 8.01. The maximum Gasteiger partial charge on any atom is 0.242 e. The molecule has 5 rings (SSSR count). The van der Waals surface area contributed by atoms with E-state index in [-0.39, 0.29) is 19.2 Å². The van der Waals surface area contributed by atoms with E-state index in [0.29, 0.717) is 23.7 Å². The molecule has 1 amide bonds. The van der Waals surface area contributed by atoms with Gasteiger partial charge in [0.2, 0.25) is 12.7 Å². The van der Waals surface area contributed by atoms with E-state index in [9.17, 15) is 4.79 Å². The van der Waals surface area contributed by atoms with Crippen molar-refractivity contribution < 1.29 is 19.0 Å². The number of hydrogen-bond acceptors (Lipinski definition) is 7. The lowest BCUT2D eigenvalue weighted by atomic mass is 10.1. The van der Waals surface area contributed by atoms with Crippen molar-refractivity contribution in [1.29, 1.82) is 0 Å². The molecule has 3 aromatic rings. The van der Waals surface area contributed by atoms with Crippen molar-refractivity contribution in [3.05, 3.63) is 52.8 Å². The molecule has 1 aromatic heterocycles. The van der Waals surface area contributed by atoms with Crippen molar-refractivity contribution in [1.82, 2.24) is 24.6 Å². The second kappa shape index (κ2) is 9.24. The normalized spacial score (nSPS) is 15.6. The summed E-state index contributed by atoms with van der Waals surface area (Å²) < 4.78 is 18.2. The summed E-state index contributed by atoms with van der Waals surface area (Å²) in [5.74, 6) is 3.02. The Bertz CT molecular complexity index is 1200. The standard InChI is InChI=1S/C23H25N5O4S/c1-30-18-5-3-17(4-6-18)22-24-25-23(33)28(22)14-21(29)27-10-8-26(9-11-27)13-16-2-7-19-20(12-16)32-15-31-19/h2-7,12H,8-11,13-15H2,1H3,(H,25,33). The number of amides is 1. The molecule has 2 aliphatic rings. The number of aromatic amines is 1. The lowest BCUT2D eigenvalue weighted by Crippen LogP contribution is -2.49. The van der Waals surface area contributed by atoms with Gasteiger partial charge in [-0.15, -0.1) is 0 Å². The number of rotatable bonds is 6. The van der Waals surface area contributed by atoms with Gasteiger partial charge >= 0.3 is 0 Å². The van der Waals surface area contributed by atoms with E-state index in [1.807, 2.05) is 41.3 Å². The van der Waals surface area contributed by atoms with Crippen LogP contribution in [0.25, 0.3) is 11.4 Å². The van der Waals surface area contributed by atoms with Crippen molar-refractivity contribution >= 4 is 18.1 Å². The van der Waals surface area contributed by atoms with Gasteiger partial charge in [-0.25, -0.2) is 0 Å². The average molecular weight is 468 g/mol. The van der Waals surface area contributed by atoms with Crippen LogP contribution in [-0.2, 0) is 17.9 Å². The Balaban J connectivity index is 1.20. The molecule has 0 atom stereocenters. The van der Waals surface area contributed by atoms with Crippen LogP contribution in [0.3, 0.4) is 0 Å². The lowest BCUT2D eigenvalue weighted by Gasteiger charge is -2.35. The van der Waals surface area contributed by atoms with Gasteiger partial charge in [0, 0.05) is 38.3 Å².